The van der Waals surface area contributed by atoms with E-state index in [1.165, 1.54) is 0 Å². The van der Waals surface area contributed by atoms with E-state index in [0.717, 1.165) is 18.4 Å². The van der Waals surface area contributed by atoms with Crippen molar-refractivity contribution in [2.45, 2.75) is 46.6 Å². The highest BCUT2D eigenvalue weighted by molar-refractivity contribution is 5.98. The van der Waals surface area contributed by atoms with Crippen molar-refractivity contribution >= 4 is 16.9 Å². The lowest BCUT2D eigenvalue weighted by molar-refractivity contribution is 0.0963. The summed E-state index contributed by atoms with van der Waals surface area (Å²) in [5.74, 6) is 0.121. The van der Waals surface area contributed by atoms with E-state index in [1.54, 1.807) is 22.8 Å². The highest BCUT2D eigenvalue weighted by Gasteiger charge is 2.14. The SMILES string of the molecule is CCCn1c(=O)oc2cc(C(=O)CC(C)CC)ccc21. The molecule has 0 aliphatic carbocycles. The number of carbonyl (C=O) groups excluding carboxylic acids is 1. The van der Waals surface area contributed by atoms with Gasteiger partial charge in [0.15, 0.2) is 11.4 Å². The van der Waals surface area contributed by atoms with E-state index in [9.17, 15) is 9.59 Å². The monoisotopic (exact) mass is 275 g/mol. The Morgan fingerprint density at radius 1 is 1.35 bits per heavy atom. The van der Waals surface area contributed by atoms with E-state index >= 15 is 0 Å². The quantitative estimate of drug-likeness (QED) is 0.756. The number of hydrogen-bond donors (Lipinski definition) is 0. The first-order valence-corrected chi connectivity index (χ1v) is 7.23. The Morgan fingerprint density at radius 3 is 2.75 bits per heavy atom. The van der Waals surface area contributed by atoms with E-state index in [4.69, 9.17) is 4.42 Å². The topological polar surface area (TPSA) is 52.2 Å². The molecule has 0 N–H and O–H groups in total. The van der Waals surface area contributed by atoms with E-state index in [-0.39, 0.29) is 11.5 Å². The molecule has 0 radical (unpaired) electrons. The van der Waals surface area contributed by atoms with E-state index < -0.39 is 0 Å². The minimum absolute atomic E-state index is 0.104. The molecule has 4 nitrogen and oxygen atoms in total. The molecular weight excluding hydrogens is 254 g/mol. The van der Waals surface area contributed by atoms with Crippen molar-refractivity contribution < 1.29 is 9.21 Å². The summed E-state index contributed by atoms with van der Waals surface area (Å²) in [7, 11) is 0. The van der Waals surface area contributed by atoms with Crippen LogP contribution < -0.4 is 5.76 Å². The predicted molar refractivity (Wildman–Crippen MR) is 79.2 cm³/mol. The van der Waals surface area contributed by atoms with Crippen LogP contribution in [-0.4, -0.2) is 10.4 Å². The number of fused-ring (bicyclic) bond motifs is 1. The van der Waals surface area contributed by atoms with E-state index in [1.807, 2.05) is 6.92 Å². The van der Waals surface area contributed by atoms with Gasteiger partial charge in [-0.3, -0.25) is 9.36 Å². The Kier molecular flexibility index (Phi) is 4.42. The largest absolute Gasteiger partial charge is 0.419 e. The van der Waals surface area contributed by atoms with Crippen LogP contribution in [0.2, 0.25) is 0 Å². The summed E-state index contributed by atoms with van der Waals surface area (Å²) >= 11 is 0. The molecular formula is C16H21NO3. The molecule has 1 atom stereocenters. The van der Waals surface area contributed by atoms with Crippen LogP contribution in [0.5, 0.6) is 0 Å². The van der Waals surface area contributed by atoms with Gasteiger partial charge in [-0.25, -0.2) is 4.79 Å². The zero-order valence-electron chi connectivity index (χ0n) is 12.3. The molecule has 0 aliphatic heterocycles. The number of oxazole rings is 1. The maximum atomic E-state index is 12.1. The summed E-state index contributed by atoms with van der Waals surface area (Å²) in [6.07, 6.45) is 2.38. The number of benzene rings is 1. The van der Waals surface area contributed by atoms with Gasteiger partial charge in [-0.1, -0.05) is 27.2 Å². The molecule has 108 valence electrons. The smallest absolute Gasteiger partial charge is 0.408 e. The molecule has 0 bridgehead atoms. The van der Waals surface area contributed by atoms with Gasteiger partial charge in [0.1, 0.15) is 0 Å². The average Bonchev–Trinajstić information content (AvgIpc) is 2.74. The summed E-state index contributed by atoms with van der Waals surface area (Å²) in [6.45, 7) is 6.78. The third-order valence-electron chi connectivity index (χ3n) is 3.67. The summed E-state index contributed by atoms with van der Waals surface area (Å²) in [6, 6.07) is 5.28. The predicted octanol–water partition coefficient (Wildman–Crippen LogP) is 3.62. The number of ketones is 1. The van der Waals surface area contributed by atoms with Crippen LogP contribution in [0.15, 0.2) is 27.4 Å². The Balaban J connectivity index is 2.35. The second-order valence-corrected chi connectivity index (χ2v) is 5.34. The number of aromatic nitrogens is 1. The highest BCUT2D eigenvalue weighted by atomic mass is 16.4. The van der Waals surface area contributed by atoms with Gasteiger partial charge < -0.3 is 4.42 Å². The van der Waals surface area contributed by atoms with Crippen molar-refractivity contribution in [3.63, 3.8) is 0 Å². The first-order chi connectivity index (χ1) is 9.56. The molecule has 0 spiro atoms. The molecule has 4 heteroatoms. The lowest BCUT2D eigenvalue weighted by Gasteiger charge is -2.07. The maximum Gasteiger partial charge on any atom is 0.419 e. The maximum absolute atomic E-state index is 12.1. The number of Topliss-reactive ketones (excluding diaryl/α,β-unsaturated/α-hetero) is 1. The molecule has 0 fully saturated rings. The van der Waals surface area contributed by atoms with Crippen molar-refractivity contribution in [3.05, 3.63) is 34.3 Å². The molecule has 1 unspecified atom stereocenters. The summed E-state index contributed by atoms with van der Waals surface area (Å²) < 4.78 is 6.84. The van der Waals surface area contributed by atoms with Crippen LogP contribution in [0.25, 0.3) is 11.1 Å². The standard InChI is InChI=1S/C16H21NO3/c1-4-8-17-13-7-6-12(10-15(13)20-16(17)19)14(18)9-11(3)5-2/h6-7,10-11H,4-5,8-9H2,1-3H3. The molecule has 0 saturated heterocycles. The van der Waals surface area contributed by atoms with Gasteiger partial charge in [0.2, 0.25) is 0 Å². The fraction of sp³-hybridized carbons (Fsp3) is 0.500. The molecule has 0 amide bonds. The molecule has 20 heavy (non-hydrogen) atoms. The fourth-order valence-corrected chi connectivity index (χ4v) is 2.25. The van der Waals surface area contributed by atoms with Crippen molar-refractivity contribution in [2.24, 2.45) is 5.92 Å². The van der Waals surface area contributed by atoms with Crippen LogP contribution in [-0.2, 0) is 6.54 Å². The lowest BCUT2D eigenvalue weighted by atomic mass is 9.98. The number of rotatable bonds is 6. The first kappa shape index (κ1) is 14.6. The number of carbonyl (C=O) groups is 1. The van der Waals surface area contributed by atoms with Gasteiger partial charge in [-0.2, -0.15) is 0 Å². The average molecular weight is 275 g/mol. The van der Waals surface area contributed by atoms with Crippen LogP contribution in [0.1, 0.15) is 50.4 Å². The Labute approximate surface area is 118 Å². The summed E-state index contributed by atoms with van der Waals surface area (Å²) in [5, 5.41) is 0. The second-order valence-electron chi connectivity index (χ2n) is 5.34. The normalized spacial score (nSPS) is 12.8. The van der Waals surface area contributed by atoms with Gasteiger partial charge in [-0.15, -0.1) is 0 Å². The van der Waals surface area contributed by atoms with Crippen molar-refractivity contribution in [2.75, 3.05) is 0 Å². The van der Waals surface area contributed by atoms with E-state index in [0.29, 0.717) is 30.0 Å². The molecule has 2 rings (SSSR count). The van der Waals surface area contributed by atoms with Crippen molar-refractivity contribution in [1.29, 1.82) is 0 Å². The van der Waals surface area contributed by atoms with E-state index in [2.05, 4.69) is 13.8 Å². The number of aryl methyl sites for hydroxylation is 1. The fourth-order valence-electron chi connectivity index (χ4n) is 2.25. The third kappa shape index (κ3) is 2.84. The van der Waals surface area contributed by atoms with Gasteiger partial charge in [0.05, 0.1) is 5.52 Å². The minimum Gasteiger partial charge on any atom is -0.408 e. The van der Waals surface area contributed by atoms with Crippen LogP contribution in [0.3, 0.4) is 0 Å². The summed E-state index contributed by atoms with van der Waals surface area (Å²) in [5.41, 5.74) is 1.88. The zero-order valence-corrected chi connectivity index (χ0v) is 12.3. The van der Waals surface area contributed by atoms with Gasteiger partial charge in [0, 0.05) is 18.5 Å². The molecule has 0 saturated carbocycles. The molecule has 0 aliphatic rings. The van der Waals surface area contributed by atoms with Crippen molar-refractivity contribution in [1.82, 2.24) is 4.57 Å². The van der Waals surface area contributed by atoms with Gasteiger partial charge >= 0.3 is 5.76 Å². The van der Waals surface area contributed by atoms with Crippen LogP contribution in [0.4, 0.5) is 0 Å². The molecule has 1 aromatic carbocycles. The Bertz CT molecular complexity index is 666. The Hall–Kier alpha value is -1.84. The number of nitrogens with zero attached hydrogens (tertiary/aromatic N) is 1. The van der Waals surface area contributed by atoms with Crippen molar-refractivity contribution in [3.8, 4) is 0 Å². The van der Waals surface area contributed by atoms with Crippen LogP contribution >= 0.6 is 0 Å². The van der Waals surface area contributed by atoms with Crippen LogP contribution in [0, 0.1) is 5.92 Å². The number of hydrogen-bond acceptors (Lipinski definition) is 3. The summed E-state index contributed by atoms with van der Waals surface area (Å²) in [4.78, 5) is 23.9. The van der Waals surface area contributed by atoms with Gasteiger partial charge in [-0.05, 0) is 30.5 Å². The molecule has 1 aromatic heterocycles. The van der Waals surface area contributed by atoms with Gasteiger partial charge in [0.25, 0.3) is 0 Å². The minimum atomic E-state index is -0.353. The third-order valence-corrected chi connectivity index (χ3v) is 3.67. The lowest BCUT2D eigenvalue weighted by Crippen LogP contribution is -2.13. The molecule has 1 heterocycles. The highest BCUT2D eigenvalue weighted by Crippen LogP contribution is 2.18. The first-order valence-electron chi connectivity index (χ1n) is 7.23. The Morgan fingerprint density at radius 2 is 2.10 bits per heavy atom. The second kappa shape index (κ2) is 6.07. The zero-order chi connectivity index (χ0) is 14.7. The molecule has 2 aromatic rings.